The number of ether oxygens (including phenoxy) is 1. The Hall–Kier alpha value is -3.11. The third-order valence-electron chi connectivity index (χ3n) is 5.80. The van der Waals surface area contributed by atoms with Crippen LogP contribution >= 0.6 is 0 Å². The predicted octanol–water partition coefficient (Wildman–Crippen LogP) is 2.56. The van der Waals surface area contributed by atoms with Gasteiger partial charge in [0, 0.05) is 31.9 Å². The van der Waals surface area contributed by atoms with Gasteiger partial charge in [-0.2, -0.15) is 4.31 Å². The monoisotopic (exact) mass is 458 g/mol. The highest BCUT2D eigenvalue weighted by molar-refractivity contribution is 7.89. The number of fused-ring (bicyclic) bond motifs is 1. The van der Waals surface area contributed by atoms with Crippen molar-refractivity contribution in [3.63, 3.8) is 0 Å². The molecule has 0 aliphatic carbocycles. The minimum absolute atomic E-state index is 0.0720. The van der Waals surface area contributed by atoms with E-state index in [0.29, 0.717) is 17.1 Å². The molecule has 0 aromatic heterocycles. The largest absolute Gasteiger partial charge is 0.479 e. The number of anilines is 2. The van der Waals surface area contributed by atoms with Crippen LogP contribution in [-0.2, 0) is 14.8 Å². The second kappa shape index (κ2) is 8.44. The van der Waals surface area contributed by atoms with Crippen molar-refractivity contribution < 1.29 is 22.7 Å². The quantitative estimate of drug-likeness (QED) is 0.735. The van der Waals surface area contributed by atoms with E-state index in [1.54, 1.807) is 17.9 Å². The maximum absolute atomic E-state index is 13.1. The third-order valence-corrected chi connectivity index (χ3v) is 7.70. The number of hydrogen-bond acceptors (Lipinski definition) is 5. The highest BCUT2D eigenvalue weighted by atomic mass is 32.2. The molecule has 0 bridgehead atoms. The lowest BCUT2D eigenvalue weighted by molar-refractivity contribution is -0.122. The molecule has 170 valence electrons. The number of hydrogen-bond donors (Lipinski definition) is 2. The molecule has 0 spiro atoms. The Bertz CT molecular complexity index is 1170. The molecule has 2 aromatic rings. The Morgan fingerprint density at radius 3 is 2.47 bits per heavy atom. The maximum Gasteiger partial charge on any atom is 0.321 e. The lowest BCUT2D eigenvalue weighted by atomic mass is 10.1. The van der Waals surface area contributed by atoms with Gasteiger partial charge in [-0.3, -0.25) is 4.79 Å². The van der Waals surface area contributed by atoms with Crippen LogP contribution in [0, 0.1) is 13.8 Å². The van der Waals surface area contributed by atoms with E-state index in [4.69, 9.17) is 4.74 Å². The summed E-state index contributed by atoms with van der Waals surface area (Å²) in [6.45, 7) is 6.52. The summed E-state index contributed by atoms with van der Waals surface area (Å²) < 4.78 is 33.1. The number of amides is 3. The fourth-order valence-corrected chi connectivity index (χ4v) is 5.10. The van der Waals surface area contributed by atoms with Crippen LogP contribution in [-0.4, -0.2) is 61.8 Å². The molecule has 4 rings (SSSR count). The van der Waals surface area contributed by atoms with Gasteiger partial charge in [-0.05, 0) is 62.2 Å². The van der Waals surface area contributed by atoms with E-state index in [9.17, 15) is 18.0 Å². The van der Waals surface area contributed by atoms with Gasteiger partial charge in [-0.1, -0.05) is 6.07 Å². The molecule has 2 aliphatic heterocycles. The van der Waals surface area contributed by atoms with Crippen LogP contribution in [0.3, 0.4) is 0 Å². The van der Waals surface area contributed by atoms with Crippen LogP contribution in [0.2, 0.25) is 0 Å². The van der Waals surface area contributed by atoms with E-state index in [2.05, 4.69) is 10.6 Å². The predicted molar refractivity (Wildman–Crippen MR) is 120 cm³/mol. The van der Waals surface area contributed by atoms with Crippen LogP contribution in [0.5, 0.6) is 5.75 Å². The number of carbonyl (C=O) groups excluding carboxylic acids is 2. The van der Waals surface area contributed by atoms with Crippen molar-refractivity contribution in [2.24, 2.45) is 0 Å². The van der Waals surface area contributed by atoms with Crippen LogP contribution in [0.4, 0.5) is 16.2 Å². The summed E-state index contributed by atoms with van der Waals surface area (Å²) in [6.07, 6.45) is -0.631. The standard InChI is InChI=1S/C22H26N4O5S/c1-14-4-5-17(12-15(14)2)23-22(28)25-8-10-26(11-9-25)32(29,30)18-6-7-20-19(13-18)24-21(27)16(3)31-20/h4-7,12-13,16H,8-11H2,1-3H3,(H,23,28)(H,24,27)/t16-/m0/s1. The Morgan fingerprint density at radius 1 is 1.06 bits per heavy atom. The van der Waals surface area contributed by atoms with Crippen LogP contribution < -0.4 is 15.4 Å². The van der Waals surface area contributed by atoms with Crippen LogP contribution in [0.15, 0.2) is 41.3 Å². The lowest BCUT2D eigenvalue weighted by Gasteiger charge is -2.34. The van der Waals surface area contributed by atoms with Gasteiger partial charge in [0.05, 0.1) is 10.6 Å². The first kappa shape index (κ1) is 22.1. The molecule has 2 N–H and O–H groups in total. The molecular formula is C22H26N4O5S. The summed E-state index contributed by atoms with van der Waals surface area (Å²) >= 11 is 0. The van der Waals surface area contributed by atoms with E-state index < -0.39 is 16.1 Å². The number of urea groups is 1. The van der Waals surface area contributed by atoms with Crippen molar-refractivity contribution in [3.8, 4) is 5.75 Å². The molecule has 2 aliphatic rings. The molecule has 3 amide bonds. The number of nitrogens with zero attached hydrogens (tertiary/aromatic N) is 2. The van der Waals surface area contributed by atoms with Gasteiger partial charge in [0.25, 0.3) is 5.91 Å². The SMILES string of the molecule is Cc1ccc(NC(=O)N2CCN(S(=O)(=O)c3ccc4c(c3)NC(=O)[C@H](C)O4)CC2)cc1C. The smallest absolute Gasteiger partial charge is 0.321 e. The first-order chi connectivity index (χ1) is 15.1. The summed E-state index contributed by atoms with van der Waals surface area (Å²) in [7, 11) is -3.78. The van der Waals surface area contributed by atoms with Gasteiger partial charge in [-0.25, -0.2) is 13.2 Å². The number of benzene rings is 2. The fraction of sp³-hybridized carbons (Fsp3) is 0.364. The van der Waals surface area contributed by atoms with Crippen molar-refractivity contribution in [3.05, 3.63) is 47.5 Å². The minimum atomic E-state index is -3.78. The van der Waals surface area contributed by atoms with Gasteiger partial charge >= 0.3 is 6.03 Å². The number of carbonyl (C=O) groups is 2. The molecule has 9 nitrogen and oxygen atoms in total. The molecular weight excluding hydrogens is 432 g/mol. The molecule has 2 heterocycles. The van der Waals surface area contributed by atoms with Crippen molar-refractivity contribution in [1.29, 1.82) is 0 Å². The van der Waals surface area contributed by atoms with Gasteiger partial charge in [0.1, 0.15) is 5.75 Å². The fourth-order valence-electron chi connectivity index (χ4n) is 3.65. The molecule has 10 heteroatoms. The lowest BCUT2D eigenvalue weighted by Crippen LogP contribution is -2.51. The second-order valence-electron chi connectivity index (χ2n) is 8.03. The van der Waals surface area contributed by atoms with Crippen molar-refractivity contribution in [1.82, 2.24) is 9.21 Å². The van der Waals surface area contributed by atoms with E-state index in [1.807, 2.05) is 32.0 Å². The van der Waals surface area contributed by atoms with Crippen molar-refractivity contribution in [2.45, 2.75) is 31.8 Å². The minimum Gasteiger partial charge on any atom is -0.479 e. The first-order valence-corrected chi connectivity index (χ1v) is 11.8. The molecule has 2 aromatic carbocycles. The van der Waals surface area contributed by atoms with E-state index in [-0.39, 0.29) is 43.0 Å². The summed E-state index contributed by atoms with van der Waals surface area (Å²) in [6, 6.07) is 9.87. The van der Waals surface area contributed by atoms with Gasteiger partial charge in [0.2, 0.25) is 10.0 Å². The van der Waals surface area contributed by atoms with Crippen LogP contribution in [0.25, 0.3) is 0 Å². The Morgan fingerprint density at radius 2 is 1.78 bits per heavy atom. The van der Waals surface area contributed by atoms with Gasteiger partial charge in [0.15, 0.2) is 6.10 Å². The summed E-state index contributed by atoms with van der Waals surface area (Å²) in [5, 5.41) is 5.54. The zero-order chi connectivity index (χ0) is 23.0. The highest BCUT2D eigenvalue weighted by Gasteiger charge is 2.32. The zero-order valence-corrected chi connectivity index (χ0v) is 19.0. The molecule has 0 saturated carbocycles. The molecule has 32 heavy (non-hydrogen) atoms. The average molecular weight is 459 g/mol. The Balaban J connectivity index is 1.41. The van der Waals surface area contributed by atoms with E-state index in [0.717, 1.165) is 11.1 Å². The Labute approximate surface area is 187 Å². The molecule has 1 atom stereocenters. The number of piperazine rings is 1. The molecule has 1 saturated heterocycles. The topological polar surface area (TPSA) is 108 Å². The number of aryl methyl sites for hydroxylation is 2. The van der Waals surface area contributed by atoms with E-state index >= 15 is 0 Å². The van der Waals surface area contributed by atoms with Crippen LogP contribution in [0.1, 0.15) is 18.1 Å². The highest BCUT2D eigenvalue weighted by Crippen LogP contribution is 2.33. The summed E-state index contributed by atoms with van der Waals surface area (Å²) in [5.41, 5.74) is 3.27. The van der Waals surface area contributed by atoms with E-state index in [1.165, 1.54) is 16.4 Å². The third kappa shape index (κ3) is 4.28. The summed E-state index contributed by atoms with van der Waals surface area (Å²) in [5.74, 6) is 0.110. The average Bonchev–Trinajstić information content (AvgIpc) is 2.77. The van der Waals surface area contributed by atoms with Crippen molar-refractivity contribution in [2.75, 3.05) is 36.8 Å². The summed E-state index contributed by atoms with van der Waals surface area (Å²) in [4.78, 5) is 26.1. The first-order valence-electron chi connectivity index (χ1n) is 10.4. The normalized spacial score (nSPS) is 19.0. The number of sulfonamides is 1. The van der Waals surface area contributed by atoms with Gasteiger partial charge < -0.3 is 20.3 Å². The Kier molecular flexibility index (Phi) is 5.83. The maximum atomic E-state index is 13.1. The molecule has 0 radical (unpaired) electrons. The molecule has 0 unspecified atom stereocenters. The number of nitrogens with one attached hydrogen (secondary N) is 2. The zero-order valence-electron chi connectivity index (χ0n) is 18.2. The number of rotatable bonds is 3. The van der Waals surface area contributed by atoms with Crippen molar-refractivity contribution >= 4 is 33.3 Å². The van der Waals surface area contributed by atoms with Gasteiger partial charge in [-0.15, -0.1) is 0 Å². The molecule has 1 fully saturated rings. The second-order valence-corrected chi connectivity index (χ2v) is 9.97.